The van der Waals surface area contributed by atoms with Gasteiger partial charge in [-0.25, -0.2) is 0 Å². The third-order valence-electron chi connectivity index (χ3n) is 3.30. The molecule has 2 rings (SSSR count). The van der Waals surface area contributed by atoms with Crippen LogP contribution in [0.1, 0.15) is 40.9 Å². The Hall–Kier alpha value is -1.19. The van der Waals surface area contributed by atoms with Crippen LogP contribution in [-0.4, -0.2) is 11.5 Å². The molecule has 0 aliphatic rings. The zero-order valence-electron chi connectivity index (χ0n) is 11.9. The standard InChI is InChI=1S/C16H22N2S/c1-4-13-8-9-14(19-13)11-15(17-5-2)16-12(3)7-6-10-18-16/h6-10,15,17H,4-5,11H2,1-3H3. The Morgan fingerprint density at radius 1 is 1.21 bits per heavy atom. The minimum absolute atomic E-state index is 0.314. The Kier molecular flexibility index (Phi) is 5.11. The zero-order chi connectivity index (χ0) is 13.7. The summed E-state index contributed by atoms with van der Waals surface area (Å²) in [4.78, 5) is 7.46. The summed E-state index contributed by atoms with van der Waals surface area (Å²) in [5.74, 6) is 0. The Morgan fingerprint density at radius 2 is 2.00 bits per heavy atom. The predicted octanol–water partition coefficient (Wildman–Crippen LogP) is 3.91. The van der Waals surface area contributed by atoms with Crippen molar-refractivity contribution >= 4 is 11.3 Å². The lowest BCUT2D eigenvalue weighted by Crippen LogP contribution is -2.24. The Bertz CT molecular complexity index is 519. The molecule has 0 aliphatic heterocycles. The van der Waals surface area contributed by atoms with Crippen molar-refractivity contribution in [1.82, 2.24) is 10.3 Å². The normalized spacial score (nSPS) is 12.6. The smallest absolute Gasteiger partial charge is 0.0605 e. The van der Waals surface area contributed by atoms with Crippen molar-refractivity contribution in [3.05, 3.63) is 51.5 Å². The van der Waals surface area contributed by atoms with Gasteiger partial charge in [-0.1, -0.05) is 19.9 Å². The fraction of sp³-hybridized carbons (Fsp3) is 0.438. The number of thiophene rings is 1. The fourth-order valence-electron chi connectivity index (χ4n) is 2.30. The molecule has 1 unspecified atom stereocenters. The van der Waals surface area contributed by atoms with Crippen LogP contribution in [0.4, 0.5) is 0 Å². The van der Waals surface area contributed by atoms with Gasteiger partial charge in [0.15, 0.2) is 0 Å². The number of pyridine rings is 1. The molecule has 0 amide bonds. The van der Waals surface area contributed by atoms with Gasteiger partial charge in [-0.3, -0.25) is 4.98 Å². The summed E-state index contributed by atoms with van der Waals surface area (Å²) in [6, 6.07) is 8.95. The van der Waals surface area contributed by atoms with E-state index in [1.807, 2.05) is 23.6 Å². The second-order valence-corrected chi connectivity index (χ2v) is 5.99. The summed E-state index contributed by atoms with van der Waals surface area (Å²) in [7, 11) is 0. The van der Waals surface area contributed by atoms with E-state index in [9.17, 15) is 0 Å². The van der Waals surface area contributed by atoms with Crippen LogP contribution in [0.2, 0.25) is 0 Å². The molecule has 0 bridgehead atoms. The molecule has 0 saturated carbocycles. The van der Waals surface area contributed by atoms with E-state index in [0.29, 0.717) is 6.04 Å². The van der Waals surface area contributed by atoms with Crippen molar-refractivity contribution in [3.8, 4) is 0 Å². The maximum atomic E-state index is 4.56. The van der Waals surface area contributed by atoms with Gasteiger partial charge in [-0.15, -0.1) is 11.3 Å². The summed E-state index contributed by atoms with van der Waals surface area (Å²) in [6.45, 7) is 7.46. The first kappa shape index (κ1) is 14.2. The van der Waals surface area contributed by atoms with Crippen LogP contribution in [0.25, 0.3) is 0 Å². The number of rotatable bonds is 6. The molecule has 0 aromatic carbocycles. The number of likely N-dealkylation sites (N-methyl/N-ethyl adjacent to an activating group) is 1. The molecule has 2 nitrogen and oxygen atoms in total. The molecule has 0 aliphatic carbocycles. The van der Waals surface area contributed by atoms with E-state index in [1.165, 1.54) is 21.0 Å². The van der Waals surface area contributed by atoms with Gasteiger partial charge in [0, 0.05) is 22.4 Å². The molecule has 102 valence electrons. The number of aromatic nitrogens is 1. The van der Waals surface area contributed by atoms with Crippen LogP contribution in [0.3, 0.4) is 0 Å². The first-order chi connectivity index (χ1) is 9.24. The maximum absolute atomic E-state index is 4.56. The Labute approximate surface area is 119 Å². The highest BCUT2D eigenvalue weighted by atomic mass is 32.1. The van der Waals surface area contributed by atoms with Crippen molar-refractivity contribution < 1.29 is 0 Å². The highest BCUT2D eigenvalue weighted by Crippen LogP contribution is 2.24. The summed E-state index contributed by atoms with van der Waals surface area (Å²) >= 11 is 1.92. The van der Waals surface area contributed by atoms with Crippen molar-refractivity contribution in [2.24, 2.45) is 0 Å². The van der Waals surface area contributed by atoms with Gasteiger partial charge in [0.2, 0.25) is 0 Å². The van der Waals surface area contributed by atoms with Crippen LogP contribution in [0.15, 0.2) is 30.5 Å². The number of nitrogens with one attached hydrogen (secondary N) is 1. The van der Waals surface area contributed by atoms with Crippen LogP contribution >= 0.6 is 11.3 Å². The molecular weight excluding hydrogens is 252 g/mol. The largest absolute Gasteiger partial charge is 0.309 e. The molecule has 1 atom stereocenters. The van der Waals surface area contributed by atoms with E-state index in [2.05, 4.69) is 49.3 Å². The summed E-state index contributed by atoms with van der Waals surface area (Å²) in [6.07, 6.45) is 4.04. The second kappa shape index (κ2) is 6.83. The van der Waals surface area contributed by atoms with Crippen molar-refractivity contribution in [2.75, 3.05) is 6.54 Å². The highest BCUT2D eigenvalue weighted by molar-refractivity contribution is 7.11. The van der Waals surface area contributed by atoms with Gasteiger partial charge in [0.25, 0.3) is 0 Å². The molecule has 0 fully saturated rings. The summed E-state index contributed by atoms with van der Waals surface area (Å²) in [5.41, 5.74) is 2.44. The molecular formula is C16H22N2S. The number of hydrogen-bond donors (Lipinski definition) is 1. The molecule has 3 heteroatoms. The third kappa shape index (κ3) is 3.64. The van der Waals surface area contributed by atoms with Gasteiger partial charge < -0.3 is 5.32 Å². The minimum atomic E-state index is 0.314. The van der Waals surface area contributed by atoms with Gasteiger partial charge in [-0.05, 0) is 43.7 Å². The maximum Gasteiger partial charge on any atom is 0.0605 e. The van der Waals surface area contributed by atoms with Gasteiger partial charge >= 0.3 is 0 Å². The molecule has 2 aromatic heterocycles. The topological polar surface area (TPSA) is 24.9 Å². The first-order valence-electron chi connectivity index (χ1n) is 6.97. The average Bonchev–Trinajstić information content (AvgIpc) is 2.87. The minimum Gasteiger partial charge on any atom is -0.309 e. The van der Waals surface area contributed by atoms with E-state index in [-0.39, 0.29) is 0 Å². The van der Waals surface area contributed by atoms with Crippen molar-refractivity contribution in [3.63, 3.8) is 0 Å². The molecule has 1 N–H and O–H groups in total. The molecule has 0 radical (unpaired) electrons. The fourth-order valence-corrected chi connectivity index (χ4v) is 3.30. The lowest BCUT2D eigenvalue weighted by molar-refractivity contribution is 0.537. The first-order valence-corrected chi connectivity index (χ1v) is 7.78. The predicted molar refractivity (Wildman–Crippen MR) is 82.8 cm³/mol. The Morgan fingerprint density at radius 3 is 2.63 bits per heavy atom. The van der Waals surface area contributed by atoms with Gasteiger partial charge in [-0.2, -0.15) is 0 Å². The van der Waals surface area contributed by atoms with Gasteiger partial charge in [0.1, 0.15) is 0 Å². The molecule has 19 heavy (non-hydrogen) atoms. The average molecular weight is 274 g/mol. The monoisotopic (exact) mass is 274 g/mol. The Balaban J connectivity index is 2.18. The van der Waals surface area contributed by atoms with Crippen molar-refractivity contribution in [1.29, 1.82) is 0 Å². The third-order valence-corrected chi connectivity index (χ3v) is 4.55. The van der Waals surface area contributed by atoms with Crippen molar-refractivity contribution in [2.45, 2.75) is 39.7 Å². The van der Waals surface area contributed by atoms with Crippen LogP contribution < -0.4 is 5.32 Å². The van der Waals surface area contributed by atoms with E-state index >= 15 is 0 Å². The lowest BCUT2D eigenvalue weighted by Gasteiger charge is -2.18. The number of hydrogen-bond acceptors (Lipinski definition) is 3. The highest BCUT2D eigenvalue weighted by Gasteiger charge is 2.15. The van der Waals surface area contributed by atoms with Crippen LogP contribution in [0, 0.1) is 6.92 Å². The number of nitrogens with zero attached hydrogens (tertiary/aromatic N) is 1. The summed E-state index contributed by atoms with van der Waals surface area (Å²) in [5, 5.41) is 3.56. The van der Waals surface area contributed by atoms with E-state index in [0.717, 1.165) is 19.4 Å². The quantitative estimate of drug-likeness (QED) is 0.864. The molecule has 0 saturated heterocycles. The van der Waals surface area contributed by atoms with E-state index in [1.54, 1.807) is 0 Å². The summed E-state index contributed by atoms with van der Waals surface area (Å²) < 4.78 is 0. The number of aryl methyl sites for hydroxylation is 2. The van der Waals surface area contributed by atoms with Crippen LogP contribution in [0.5, 0.6) is 0 Å². The molecule has 0 spiro atoms. The van der Waals surface area contributed by atoms with E-state index < -0.39 is 0 Å². The SMILES string of the molecule is CCNC(Cc1ccc(CC)s1)c1ncccc1C. The van der Waals surface area contributed by atoms with Crippen LogP contribution in [-0.2, 0) is 12.8 Å². The second-order valence-electron chi connectivity index (χ2n) is 4.74. The molecule has 2 heterocycles. The van der Waals surface area contributed by atoms with E-state index in [4.69, 9.17) is 0 Å². The van der Waals surface area contributed by atoms with Gasteiger partial charge in [0.05, 0.1) is 11.7 Å². The lowest BCUT2D eigenvalue weighted by atomic mass is 10.0. The zero-order valence-corrected chi connectivity index (χ0v) is 12.8. The molecule has 2 aromatic rings.